The Morgan fingerprint density at radius 1 is 1.11 bits per heavy atom. The van der Waals surface area contributed by atoms with Gasteiger partial charge in [0.15, 0.2) is 0 Å². The Hall–Kier alpha value is -2.67. The zero-order chi connectivity index (χ0) is 25.2. The number of benzene rings is 1. The molecule has 0 spiro atoms. The van der Waals surface area contributed by atoms with Crippen LogP contribution in [0, 0.1) is 17.8 Å². The van der Waals surface area contributed by atoms with Crippen molar-refractivity contribution in [3.8, 4) is 0 Å². The van der Waals surface area contributed by atoms with Crippen LogP contribution in [0.4, 0.5) is 5.69 Å². The van der Waals surface area contributed by atoms with Crippen molar-refractivity contribution < 1.29 is 14.3 Å². The number of nitrogens with one attached hydrogen (secondary N) is 1. The summed E-state index contributed by atoms with van der Waals surface area (Å²) in [4.78, 5) is 36.5. The minimum absolute atomic E-state index is 0.0889. The second kappa shape index (κ2) is 10.8. The molecule has 1 aromatic carbocycles. The highest BCUT2D eigenvalue weighted by atomic mass is 16.5. The van der Waals surface area contributed by atoms with Crippen molar-refractivity contribution in [2.75, 3.05) is 39.3 Å². The Kier molecular flexibility index (Phi) is 7.47. The summed E-state index contributed by atoms with van der Waals surface area (Å²) in [5, 5.41) is 3.24. The zero-order valence-electron chi connectivity index (χ0n) is 21.9. The number of ether oxygens (including phenoxy) is 1. The number of carbonyl (C=O) groups excluding carboxylic acids is 2. The van der Waals surface area contributed by atoms with Crippen LogP contribution in [0.3, 0.4) is 0 Å². The summed E-state index contributed by atoms with van der Waals surface area (Å²) >= 11 is 0. The lowest BCUT2D eigenvalue weighted by atomic mass is 9.74. The fourth-order valence-corrected chi connectivity index (χ4v) is 6.86. The smallest absolute Gasteiger partial charge is 0.251 e. The van der Waals surface area contributed by atoms with Crippen LogP contribution in [0.2, 0.25) is 0 Å². The maximum atomic E-state index is 14.1. The van der Waals surface area contributed by atoms with Crippen molar-refractivity contribution in [1.29, 1.82) is 0 Å². The van der Waals surface area contributed by atoms with Gasteiger partial charge in [-0.2, -0.15) is 0 Å². The van der Waals surface area contributed by atoms with E-state index in [-0.39, 0.29) is 35.9 Å². The van der Waals surface area contributed by atoms with Crippen molar-refractivity contribution in [3.63, 3.8) is 0 Å². The third-order valence-electron chi connectivity index (χ3n) is 8.70. The van der Waals surface area contributed by atoms with E-state index in [1.54, 1.807) is 7.11 Å². The van der Waals surface area contributed by atoms with Crippen LogP contribution in [-0.2, 0) is 9.53 Å². The van der Waals surface area contributed by atoms with Crippen LogP contribution in [0.5, 0.6) is 0 Å². The molecule has 2 fully saturated rings. The number of nitrogens with zero attached hydrogens (tertiary/aromatic N) is 3. The summed E-state index contributed by atoms with van der Waals surface area (Å²) in [6.07, 6.45) is 11.2. The van der Waals surface area contributed by atoms with E-state index >= 15 is 0 Å². The highest BCUT2D eigenvalue weighted by Gasteiger charge is 2.50. The largest absolute Gasteiger partial charge is 0.382 e. The van der Waals surface area contributed by atoms with Gasteiger partial charge in [0.25, 0.3) is 5.91 Å². The molecular formula is C29H40N4O3. The third kappa shape index (κ3) is 4.82. The summed E-state index contributed by atoms with van der Waals surface area (Å²) in [7, 11) is 5.70. The molecule has 6 atom stereocenters. The molecule has 2 amide bonds. The van der Waals surface area contributed by atoms with Gasteiger partial charge < -0.3 is 19.9 Å². The third-order valence-corrected chi connectivity index (χ3v) is 8.70. The standard InChI is InChI=1S/C29H40N4O3/c1-32(2)20-14-12-19(13-15-20)28(34)31-25-11-7-5-9-23(25)29(35)33-17-16-22-26(18-36-3)30-24-10-6-4-8-21(24)27(22)33/h6,10,12-15,21-23,25-27H,4-5,7-9,11,16-18H2,1-3H3,(H,31,34)/t21?,22-,23+,25-,26+,27+/m1/s1. The summed E-state index contributed by atoms with van der Waals surface area (Å²) in [6.45, 7) is 1.38. The maximum Gasteiger partial charge on any atom is 0.251 e. The Balaban J connectivity index is 1.33. The molecule has 1 aromatic rings. The van der Waals surface area contributed by atoms with Gasteiger partial charge in [-0.1, -0.05) is 18.9 Å². The average Bonchev–Trinajstić information content (AvgIpc) is 3.35. The molecule has 2 aliphatic heterocycles. The molecule has 1 unspecified atom stereocenters. The SMILES string of the molecule is COC[C@@H]1N=C2C=CCCC2[C@H]2[C@@H]1CCN2C(=O)[C@H]1CCCC[C@H]1NC(=O)c1ccc(N(C)C)cc1. The first-order valence-electron chi connectivity index (χ1n) is 13.6. The molecule has 4 aliphatic rings. The van der Waals surface area contributed by atoms with Crippen LogP contribution in [0.25, 0.3) is 0 Å². The van der Waals surface area contributed by atoms with Gasteiger partial charge in [-0.15, -0.1) is 0 Å². The number of amides is 2. The van der Waals surface area contributed by atoms with Crippen LogP contribution < -0.4 is 10.2 Å². The molecule has 2 aliphatic carbocycles. The van der Waals surface area contributed by atoms with E-state index in [0.29, 0.717) is 24.0 Å². The number of fused-ring (bicyclic) bond motifs is 3. The fraction of sp³-hybridized carbons (Fsp3) is 0.621. The second-order valence-corrected chi connectivity index (χ2v) is 11.0. The fourth-order valence-electron chi connectivity index (χ4n) is 6.86. The minimum Gasteiger partial charge on any atom is -0.382 e. The maximum absolute atomic E-state index is 14.1. The Labute approximate surface area is 215 Å². The van der Waals surface area contributed by atoms with E-state index in [0.717, 1.165) is 62.9 Å². The summed E-state index contributed by atoms with van der Waals surface area (Å²) in [5.41, 5.74) is 2.84. The number of rotatable bonds is 6. The molecule has 2 heterocycles. The van der Waals surface area contributed by atoms with Gasteiger partial charge in [0.1, 0.15) is 0 Å². The lowest BCUT2D eigenvalue weighted by molar-refractivity contribution is -0.139. The van der Waals surface area contributed by atoms with E-state index in [1.165, 1.54) is 0 Å². The molecule has 5 rings (SSSR count). The van der Waals surface area contributed by atoms with Crippen LogP contribution in [0.1, 0.15) is 55.3 Å². The number of hydrogen-bond donors (Lipinski definition) is 1. The number of aliphatic imine (C=N–C) groups is 1. The van der Waals surface area contributed by atoms with Crippen molar-refractivity contribution >= 4 is 23.2 Å². The predicted molar refractivity (Wildman–Crippen MR) is 143 cm³/mol. The van der Waals surface area contributed by atoms with Crippen molar-refractivity contribution in [3.05, 3.63) is 42.0 Å². The monoisotopic (exact) mass is 492 g/mol. The van der Waals surface area contributed by atoms with Crippen LogP contribution >= 0.6 is 0 Å². The number of anilines is 1. The Morgan fingerprint density at radius 3 is 2.64 bits per heavy atom. The molecule has 7 nitrogen and oxygen atoms in total. The molecule has 194 valence electrons. The van der Waals surface area contributed by atoms with Gasteiger partial charge in [-0.05, 0) is 62.4 Å². The Bertz CT molecular complexity index is 1020. The van der Waals surface area contributed by atoms with E-state index in [1.807, 2.05) is 43.3 Å². The summed E-state index contributed by atoms with van der Waals surface area (Å²) in [6, 6.07) is 7.82. The van der Waals surface area contributed by atoms with Crippen molar-refractivity contribution in [2.24, 2.45) is 22.7 Å². The quantitative estimate of drug-likeness (QED) is 0.657. The average molecular weight is 493 g/mol. The van der Waals surface area contributed by atoms with E-state index in [2.05, 4.69) is 22.4 Å². The topological polar surface area (TPSA) is 74.2 Å². The van der Waals surface area contributed by atoms with Gasteiger partial charge >= 0.3 is 0 Å². The molecular weight excluding hydrogens is 452 g/mol. The lowest BCUT2D eigenvalue weighted by Crippen LogP contribution is -2.55. The summed E-state index contributed by atoms with van der Waals surface area (Å²) in [5.74, 6) is 0.633. The molecule has 1 saturated heterocycles. The van der Waals surface area contributed by atoms with Gasteiger partial charge in [-0.25, -0.2) is 0 Å². The molecule has 0 radical (unpaired) electrons. The second-order valence-electron chi connectivity index (χ2n) is 11.0. The first-order valence-corrected chi connectivity index (χ1v) is 13.6. The Morgan fingerprint density at radius 2 is 1.89 bits per heavy atom. The number of likely N-dealkylation sites (tertiary alicyclic amines) is 1. The van der Waals surface area contributed by atoms with Crippen LogP contribution in [0.15, 0.2) is 41.4 Å². The van der Waals surface area contributed by atoms with Gasteiger partial charge in [0, 0.05) is 68.6 Å². The molecule has 36 heavy (non-hydrogen) atoms. The van der Waals surface area contributed by atoms with Crippen molar-refractivity contribution in [2.45, 2.75) is 63.1 Å². The highest BCUT2D eigenvalue weighted by Crippen LogP contribution is 2.42. The predicted octanol–water partition coefficient (Wildman–Crippen LogP) is 3.69. The van der Waals surface area contributed by atoms with E-state index < -0.39 is 0 Å². The minimum atomic E-state index is -0.162. The number of carbonyl (C=O) groups is 2. The lowest BCUT2D eigenvalue weighted by Gasteiger charge is -2.43. The van der Waals surface area contributed by atoms with Gasteiger partial charge in [-0.3, -0.25) is 14.6 Å². The normalized spacial score (nSPS) is 31.3. The van der Waals surface area contributed by atoms with E-state index in [4.69, 9.17) is 9.73 Å². The highest BCUT2D eigenvalue weighted by molar-refractivity contribution is 5.99. The van der Waals surface area contributed by atoms with E-state index in [9.17, 15) is 9.59 Å². The summed E-state index contributed by atoms with van der Waals surface area (Å²) < 4.78 is 5.52. The van der Waals surface area contributed by atoms with Crippen molar-refractivity contribution in [1.82, 2.24) is 10.2 Å². The number of hydrogen-bond acceptors (Lipinski definition) is 5. The zero-order valence-corrected chi connectivity index (χ0v) is 21.9. The first kappa shape index (κ1) is 25.0. The van der Waals surface area contributed by atoms with Gasteiger partial charge in [0.2, 0.25) is 5.91 Å². The molecule has 1 N–H and O–H groups in total. The van der Waals surface area contributed by atoms with Crippen LogP contribution in [-0.4, -0.2) is 74.9 Å². The number of allylic oxidation sites excluding steroid dienone is 2. The first-order chi connectivity index (χ1) is 17.5. The molecule has 7 heteroatoms. The number of methoxy groups -OCH3 is 1. The van der Waals surface area contributed by atoms with Gasteiger partial charge in [0.05, 0.1) is 18.6 Å². The molecule has 1 saturated carbocycles. The molecule has 0 aromatic heterocycles. The molecule has 0 bridgehead atoms.